The molecule has 0 radical (unpaired) electrons. The van der Waals surface area contributed by atoms with E-state index in [1.54, 1.807) is 0 Å². The minimum Gasteiger partial charge on any atom is -0.307 e. The van der Waals surface area contributed by atoms with Crippen LogP contribution in [-0.2, 0) is 4.74 Å². The van der Waals surface area contributed by atoms with Gasteiger partial charge in [-0.15, -0.1) is 0 Å². The fraction of sp³-hybridized carbons (Fsp3) is 1.00. The van der Waals surface area contributed by atoms with E-state index in [1.807, 2.05) is 0 Å². The van der Waals surface area contributed by atoms with Gasteiger partial charge < -0.3 is 4.74 Å². The van der Waals surface area contributed by atoms with E-state index >= 15 is 0 Å². The van der Waals surface area contributed by atoms with Crippen molar-refractivity contribution in [1.82, 2.24) is 0 Å². The average Bonchev–Trinajstić information content (AvgIpc) is 2.33. The molecule has 1 saturated heterocycles. The molecule has 0 bridgehead atoms. The normalized spacial score (nSPS) is 35.7. The summed E-state index contributed by atoms with van der Waals surface area (Å²) in [5, 5.41) is -5.66. The predicted octanol–water partition coefficient (Wildman–Crippen LogP) is 5.19. The maximum Gasteiger partial charge on any atom is 0.457 e. The second-order valence-electron chi connectivity index (χ2n) is 4.02. The molecule has 0 aromatic rings. The third-order valence-corrected chi connectivity index (χ3v) is 3.86. The van der Waals surface area contributed by atoms with Crippen LogP contribution in [0.2, 0.25) is 0 Å². The molecule has 0 saturated carbocycles. The van der Waals surface area contributed by atoms with Crippen LogP contribution < -0.4 is 0 Å². The molecule has 15 heteroatoms. The van der Waals surface area contributed by atoms with Gasteiger partial charge in [-0.25, -0.2) is 4.39 Å². The van der Waals surface area contributed by atoms with Crippen molar-refractivity contribution in [3.8, 4) is 0 Å². The second-order valence-corrected chi connectivity index (χ2v) is 5.81. The standard InChI is InChI=1S/C7Cl3F11O/c8-2(6(16,17)18)3(12,13)1(11,5(9,10)22-2)4(14,15)7(19,20)21/t1-,2+/m1/s1. The van der Waals surface area contributed by atoms with E-state index in [-0.39, 0.29) is 0 Å². The molecule has 132 valence electrons. The third-order valence-electron chi connectivity index (χ3n) is 2.66. The monoisotopic (exact) mass is 414 g/mol. The molecule has 0 aliphatic carbocycles. The van der Waals surface area contributed by atoms with Crippen molar-refractivity contribution < 1.29 is 53.0 Å². The lowest BCUT2D eigenvalue weighted by molar-refractivity contribution is -0.365. The van der Waals surface area contributed by atoms with Crippen LogP contribution in [0, 0.1) is 0 Å². The van der Waals surface area contributed by atoms with E-state index in [0.717, 1.165) is 0 Å². The number of hydrogen-bond donors (Lipinski definition) is 0. The van der Waals surface area contributed by atoms with E-state index < -0.39 is 39.4 Å². The average molecular weight is 415 g/mol. The van der Waals surface area contributed by atoms with Crippen LogP contribution in [0.15, 0.2) is 0 Å². The zero-order chi connectivity index (χ0) is 18.2. The van der Waals surface area contributed by atoms with Gasteiger partial charge in [-0.2, -0.15) is 43.9 Å². The summed E-state index contributed by atoms with van der Waals surface area (Å²) in [5.41, 5.74) is -6.58. The van der Waals surface area contributed by atoms with Gasteiger partial charge in [-0.3, -0.25) is 0 Å². The summed E-state index contributed by atoms with van der Waals surface area (Å²) >= 11 is 13.2. The van der Waals surface area contributed by atoms with Gasteiger partial charge in [0.15, 0.2) is 0 Å². The van der Waals surface area contributed by atoms with E-state index in [2.05, 4.69) is 39.5 Å². The lowest BCUT2D eigenvalue weighted by Crippen LogP contribution is -2.70. The first-order valence-electron chi connectivity index (χ1n) is 4.55. The van der Waals surface area contributed by atoms with Gasteiger partial charge in [-0.05, 0) is 0 Å². The van der Waals surface area contributed by atoms with Crippen molar-refractivity contribution in [3.05, 3.63) is 0 Å². The molecule has 0 amide bonds. The molecule has 1 aliphatic rings. The number of rotatable bonds is 1. The molecule has 0 spiro atoms. The summed E-state index contributed by atoms with van der Waals surface area (Å²) in [4.78, 5) is 0. The summed E-state index contributed by atoms with van der Waals surface area (Å²) in [5.74, 6) is -13.9. The lowest BCUT2D eigenvalue weighted by atomic mass is 9.88. The van der Waals surface area contributed by atoms with Gasteiger partial charge in [0.25, 0.3) is 4.52 Å². The van der Waals surface area contributed by atoms with Gasteiger partial charge in [0.05, 0.1) is 0 Å². The summed E-state index contributed by atoms with van der Waals surface area (Å²) in [7, 11) is 0. The Balaban J connectivity index is 3.75. The van der Waals surface area contributed by atoms with Crippen molar-refractivity contribution >= 4 is 34.8 Å². The topological polar surface area (TPSA) is 9.23 Å². The Morgan fingerprint density at radius 3 is 1.32 bits per heavy atom. The summed E-state index contributed by atoms with van der Waals surface area (Å²) in [6, 6.07) is 0. The molecule has 1 rings (SSSR count). The van der Waals surface area contributed by atoms with E-state index in [4.69, 9.17) is 0 Å². The Morgan fingerprint density at radius 1 is 0.727 bits per heavy atom. The molecular weight excluding hydrogens is 415 g/mol. The smallest absolute Gasteiger partial charge is 0.307 e. The van der Waals surface area contributed by atoms with Crippen LogP contribution in [-0.4, -0.2) is 39.4 Å². The Bertz CT molecular complexity index is 471. The number of halogens is 14. The van der Waals surface area contributed by atoms with Gasteiger partial charge in [0, 0.05) is 0 Å². The first-order valence-corrected chi connectivity index (χ1v) is 5.69. The van der Waals surface area contributed by atoms with Crippen LogP contribution in [0.25, 0.3) is 0 Å². The molecule has 0 N–H and O–H groups in total. The van der Waals surface area contributed by atoms with Crippen molar-refractivity contribution in [1.29, 1.82) is 0 Å². The summed E-state index contributed by atoms with van der Waals surface area (Å²) < 4.78 is 139. The second kappa shape index (κ2) is 4.57. The highest BCUT2D eigenvalue weighted by atomic mass is 35.5. The molecule has 0 unspecified atom stereocenters. The summed E-state index contributed by atoms with van der Waals surface area (Å²) in [6.45, 7) is 0. The lowest BCUT2D eigenvalue weighted by Gasteiger charge is -2.39. The predicted molar refractivity (Wildman–Crippen MR) is 49.9 cm³/mol. The largest absolute Gasteiger partial charge is 0.457 e. The minimum absolute atomic E-state index is 2.98. The fourth-order valence-corrected chi connectivity index (χ4v) is 2.56. The Kier molecular flexibility index (Phi) is 4.18. The van der Waals surface area contributed by atoms with Gasteiger partial charge >= 0.3 is 34.9 Å². The Morgan fingerprint density at radius 2 is 1.09 bits per heavy atom. The van der Waals surface area contributed by atoms with Crippen molar-refractivity contribution in [2.24, 2.45) is 0 Å². The van der Waals surface area contributed by atoms with Crippen LogP contribution in [0.4, 0.5) is 48.3 Å². The molecular formula is C7Cl3F11O. The highest BCUT2D eigenvalue weighted by molar-refractivity contribution is 6.49. The molecule has 2 atom stereocenters. The van der Waals surface area contributed by atoms with Crippen LogP contribution in [0.1, 0.15) is 0 Å². The molecule has 22 heavy (non-hydrogen) atoms. The van der Waals surface area contributed by atoms with E-state index in [1.165, 1.54) is 0 Å². The SMILES string of the molecule is FC(F)(F)C(F)(F)[C@@]1(F)C(Cl)(Cl)O[C@](Cl)(C(F)(F)F)C1(F)F. The van der Waals surface area contributed by atoms with Crippen molar-refractivity contribution in [3.63, 3.8) is 0 Å². The van der Waals surface area contributed by atoms with Crippen LogP contribution >= 0.6 is 34.8 Å². The van der Waals surface area contributed by atoms with Crippen molar-refractivity contribution in [2.45, 2.75) is 39.4 Å². The molecule has 1 fully saturated rings. The minimum atomic E-state index is -7.14. The zero-order valence-corrected chi connectivity index (χ0v) is 11.5. The van der Waals surface area contributed by atoms with Crippen LogP contribution in [0.5, 0.6) is 0 Å². The maximum absolute atomic E-state index is 14.0. The van der Waals surface area contributed by atoms with Gasteiger partial charge in [0.2, 0.25) is 0 Å². The molecule has 0 aromatic carbocycles. The molecule has 0 aromatic heterocycles. The summed E-state index contributed by atoms with van der Waals surface area (Å²) in [6.07, 6.45) is -13.6. The van der Waals surface area contributed by atoms with Gasteiger partial charge in [-0.1, -0.05) is 34.8 Å². The number of hydrogen-bond acceptors (Lipinski definition) is 1. The molecule has 1 aliphatic heterocycles. The maximum atomic E-state index is 14.0. The Labute approximate surface area is 128 Å². The van der Waals surface area contributed by atoms with Crippen molar-refractivity contribution in [2.75, 3.05) is 0 Å². The number of alkyl halides is 14. The highest BCUT2D eigenvalue weighted by Gasteiger charge is 2.99. The highest BCUT2D eigenvalue weighted by Crippen LogP contribution is 2.72. The third kappa shape index (κ3) is 2.02. The Hall–Kier alpha value is 0.0600. The molecule has 1 nitrogen and oxygen atoms in total. The molecule has 1 heterocycles. The first kappa shape index (κ1) is 20.1. The zero-order valence-electron chi connectivity index (χ0n) is 9.20. The fourth-order valence-electron chi connectivity index (χ4n) is 1.53. The van der Waals surface area contributed by atoms with Crippen LogP contribution in [0.3, 0.4) is 0 Å². The van der Waals surface area contributed by atoms with Gasteiger partial charge in [0.1, 0.15) is 0 Å². The number of ether oxygens (including phenoxy) is 1. The quantitative estimate of drug-likeness (QED) is 0.423. The van der Waals surface area contributed by atoms with E-state index in [9.17, 15) is 48.3 Å². The van der Waals surface area contributed by atoms with E-state index in [0.29, 0.717) is 0 Å². The first-order chi connectivity index (χ1) is 9.21.